The summed E-state index contributed by atoms with van der Waals surface area (Å²) in [6, 6.07) is 5.03. The molecular weight excluding hydrogens is 368 g/mol. The van der Waals surface area contributed by atoms with Gasteiger partial charge in [-0.3, -0.25) is 0 Å². The zero-order chi connectivity index (χ0) is 10.0. The summed E-state index contributed by atoms with van der Waals surface area (Å²) in [4.78, 5) is 10.8. The molecule has 0 spiro atoms. The first-order valence-electron chi connectivity index (χ1n) is 3.33. The molecule has 2 nitrogen and oxygen atoms in total. The van der Waals surface area contributed by atoms with Crippen LogP contribution in [0.4, 0.5) is 0 Å². The summed E-state index contributed by atoms with van der Waals surface area (Å²) in [7, 11) is 0. The molecule has 0 atom stereocenters. The molecule has 0 aliphatic carbocycles. The second kappa shape index (κ2) is 4.57. The lowest BCUT2D eigenvalue weighted by Crippen LogP contribution is -2.01. The number of rotatable bonds is 2. The van der Waals surface area contributed by atoms with Gasteiger partial charge in [0.25, 0.3) is 0 Å². The molecule has 13 heavy (non-hydrogen) atoms. The second-order valence-corrected chi connectivity index (χ2v) is 6.31. The maximum atomic E-state index is 10.8. The molecule has 0 amide bonds. The fraction of sp³-hybridized carbons (Fsp3) is 0.125. The quantitative estimate of drug-likeness (QED) is 0.798. The van der Waals surface area contributed by atoms with Crippen LogP contribution in [0.15, 0.2) is 22.7 Å². The van der Waals surface area contributed by atoms with Crippen molar-refractivity contribution < 1.29 is 9.90 Å². The maximum absolute atomic E-state index is 10.8. The van der Waals surface area contributed by atoms with Crippen LogP contribution < -0.4 is 0 Å². The molecule has 1 aromatic rings. The van der Waals surface area contributed by atoms with Gasteiger partial charge in [-0.2, -0.15) is 0 Å². The minimum atomic E-state index is -0.925. The molecule has 0 saturated carbocycles. The molecule has 0 fully saturated rings. The molecule has 0 unspecified atom stereocenters. The van der Waals surface area contributed by atoms with Crippen molar-refractivity contribution in [3.05, 3.63) is 33.8 Å². The van der Waals surface area contributed by atoms with Crippen LogP contribution >= 0.6 is 47.8 Å². The predicted molar refractivity (Wildman–Crippen MR) is 61.7 cm³/mol. The van der Waals surface area contributed by atoms with E-state index in [0.717, 1.165) is 4.47 Å². The third-order valence-electron chi connectivity index (χ3n) is 1.48. The summed E-state index contributed by atoms with van der Waals surface area (Å²) in [5.41, 5.74) is 0.990. The van der Waals surface area contributed by atoms with Crippen molar-refractivity contribution in [2.24, 2.45) is 0 Å². The Kier molecular flexibility index (Phi) is 3.94. The monoisotopic (exact) mass is 370 g/mol. The Balaban J connectivity index is 3.26. The molecule has 0 aliphatic rings. The van der Waals surface area contributed by atoms with Gasteiger partial charge in [0.1, 0.15) is 0 Å². The molecule has 0 radical (unpaired) electrons. The van der Waals surface area contributed by atoms with Gasteiger partial charge in [0, 0.05) is 4.47 Å². The number of carboxylic acids is 1. The Morgan fingerprint density at radius 2 is 2.00 bits per heavy atom. The van der Waals surface area contributed by atoms with Crippen molar-refractivity contribution in [2.45, 2.75) is 3.74 Å². The van der Waals surface area contributed by atoms with Crippen LogP contribution in [0.5, 0.6) is 0 Å². The Labute approximate surface area is 101 Å². The van der Waals surface area contributed by atoms with Crippen LogP contribution in [0.1, 0.15) is 19.7 Å². The smallest absolute Gasteiger partial charge is 0.336 e. The maximum Gasteiger partial charge on any atom is 0.336 e. The average molecular weight is 373 g/mol. The third-order valence-corrected chi connectivity index (χ3v) is 2.96. The van der Waals surface area contributed by atoms with E-state index >= 15 is 0 Å². The van der Waals surface area contributed by atoms with E-state index < -0.39 is 5.97 Å². The van der Waals surface area contributed by atoms with Gasteiger partial charge in [-0.1, -0.05) is 47.8 Å². The SMILES string of the molecule is O=C(O)c1ccc(Br)cc1C(Br)Br. The summed E-state index contributed by atoms with van der Waals surface area (Å²) in [5, 5.41) is 8.85. The molecule has 1 aromatic carbocycles. The van der Waals surface area contributed by atoms with Gasteiger partial charge in [-0.05, 0) is 23.8 Å². The molecule has 5 heteroatoms. The molecule has 0 saturated heterocycles. The lowest BCUT2D eigenvalue weighted by atomic mass is 10.1. The van der Waals surface area contributed by atoms with Crippen molar-refractivity contribution in [3.63, 3.8) is 0 Å². The summed E-state index contributed by atoms with van der Waals surface area (Å²) in [6.45, 7) is 0. The van der Waals surface area contributed by atoms with E-state index in [-0.39, 0.29) is 3.74 Å². The van der Waals surface area contributed by atoms with E-state index in [2.05, 4.69) is 47.8 Å². The Bertz CT molecular complexity index is 336. The number of halogens is 3. The lowest BCUT2D eigenvalue weighted by molar-refractivity contribution is 0.0696. The first-order chi connectivity index (χ1) is 6.02. The van der Waals surface area contributed by atoms with Gasteiger partial charge >= 0.3 is 5.97 Å². The number of hydrogen-bond acceptors (Lipinski definition) is 1. The standard InChI is InChI=1S/C8H5Br3O2/c9-4-1-2-5(8(12)13)6(3-4)7(10)11/h1-3,7H,(H,12,13). The van der Waals surface area contributed by atoms with Gasteiger partial charge in [-0.15, -0.1) is 0 Å². The predicted octanol–water partition coefficient (Wildman–Crippen LogP) is 3.94. The molecule has 70 valence electrons. The van der Waals surface area contributed by atoms with Crippen molar-refractivity contribution in [3.8, 4) is 0 Å². The van der Waals surface area contributed by atoms with Crippen molar-refractivity contribution in [1.29, 1.82) is 0 Å². The van der Waals surface area contributed by atoms with Gasteiger partial charge in [0.2, 0.25) is 0 Å². The molecule has 0 aliphatic heterocycles. The highest BCUT2D eigenvalue weighted by atomic mass is 79.9. The van der Waals surface area contributed by atoms with Crippen LogP contribution in [0.3, 0.4) is 0 Å². The van der Waals surface area contributed by atoms with Crippen molar-refractivity contribution in [1.82, 2.24) is 0 Å². The molecule has 0 bridgehead atoms. The molecule has 0 aromatic heterocycles. The number of carbonyl (C=O) groups is 1. The van der Waals surface area contributed by atoms with Crippen molar-refractivity contribution >= 4 is 53.8 Å². The van der Waals surface area contributed by atoms with Gasteiger partial charge in [-0.25, -0.2) is 4.79 Å². The molecular formula is C8H5Br3O2. The van der Waals surface area contributed by atoms with E-state index in [1.54, 1.807) is 18.2 Å². The van der Waals surface area contributed by atoms with Crippen LogP contribution in [0, 0.1) is 0 Å². The molecule has 1 rings (SSSR count). The van der Waals surface area contributed by atoms with Crippen LogP contribution in [-0.4, -0.2) is 11.1 Å². The largest absolute Gasteiger partial charge is 0.478 e. The zero-order valence-corrected chi connectivity index (χ0v) is 11.1. The normalized spacial score (nSPS) is 10.5. The Morgan fingerprint density at radius 3 is 2.46 bits per heavy atom. The zero-order valence-electron chi connectivity index (χ0n) is 6.30. The van der Waals surface area contributed by atoms with E-state index in [4.69, 9.17) is 5.11 Å². The van der Waals surface area contributed by atoms with E-state index in [9.17, 15) is 4.79 Å². The summed E-state index contributed by atoms with van der Waals surface area (Å²) in [5.74, 6) is -0.925. The van der Waals surface area contributed by atoms with E-state index in [1.165, 1.54) is 0 Å². The third kappa shape index (κ3) is 2.79. The number of aromatic carboxylic acids is 1. The highest BCUT2D eigenvalue weighted by molar-refractivity contribution is 9.24. The average Bonchev–Trinajstić information content (AvgIpc) is 2.03. The number of benzene rings is 1. The molecule has 0 heterocycles. The van der Waals surface area contributed by atoms with Crippen molar-refractivity contribution in [2.75, 3.05) is 0 Å². The van der Waals surface area contributed by atoms with E-state index in [0.29, 0.717) is 11.1 Å². The second-order valence-electron chi connectivity index (χ2n) is 2.34. The fourth-order valence-corrected chi connectivity index (χ4v) is 2.05. The summed E-state index contributed by atoms with van der Waals surface area (Å²) < 4.78 is 0.708. The van der Waals surface area contributed by atoms with Crippen LogP contribution in [0.25, 0.3) is 0 Å². The number of carboxylic acid groups (broad SMARTS) is 1. The van der Waals surface area contributed by atoms with Crippen LogP contribution in [0.2, 0.25) is 0 Å². The van der Waals surface area contributed by atoms with Gasteiger partial charge < -0.3 is 5.11 Å². The first kappa shape index (κ1) is 11.2. The van der Waals surface area contributed by atoms with E-state index in [1.807, 2.05) is 0 Å². The Morgan fingerprint density at radius 1 is 1.38 bits per heavy atom. The highest BCUT2D eigenvalue weighted by Crippen LogP contribution is 2.33. The summed E-state index contributed by atoms with van der Waals surface area (Å²) >= 11 is 9.82. The van der Waals surface area contributed by atoms with Gasteiger partial charge in [0.15, 0.2) is 0 Å². The number of hydrogen-bond donors (Lipinski definition) is 1. The topological polar surface area (TPSA) is 37.3 Å². The number of alkyl halides is 2. The minimum Gasteiger partial charge on any atom is -0.478 e. The fourth-order valence-electron chi connectivity index (χ4n) is 0.909. The Hall–Kier alpha value is 0.130. The lowest BCUT2D eigenvalue weighted by Gasteiger charge is -2.06. The summed E-state index contributed by atoms with van der Waals surface area (Å²) in [6.07, 6.45) is 0. The highest BCUT2D eigenvalue weighted by Gasteiger charge is 2.14. The van der Waals surface area contributed by atoms with Crippen LogP contribution in [-0.2, 0) is 0 Å². The molecule has 1 N–H and O–H groups in total. The minimum absolute atomic E-state index is 0.149. The van der Waals surface area contributed by atoms with Gasteiger partial charge in [0.05, 0.1) is 9.30 Å². The first-order valence-corrected chi connectivity index (χ1v) is 5.95.